The van der Waals surface area contributed by atoms with Crippen molar-refractivity contribution >= 4 is 28.4 Å². The average Bonchev–Trinajstić information content (AvgIpc) is 2.82. The molecule has 0 saturated carbocycles. The van der Waals surface area contributed by atoms with Crippen LogP contribution in [0.3, 0.4) is 0 Å². The molecule has 0 bridgehead atoms. The number of carbonyl (C=O) groups is 2. The number of nitrogens with two attached hydrogens (primary N) is 1. The lowest BCUT2D eigenvalue weighted by molar-refractivity contribution is 0.0880. The van der Waals surface area contributed by atoms with Crippen molar-refractivity contribution in [2.45, 2.75) is 6.92 Å². The van der Waals surface area contributed by atoms with Crippen LogP contribution >= 0.6 is 0 Å². The number of anilines is 1. The molecule has 7 nitrogen and oxygen atoms in total. The molecule has 0 aliphatic carbocycles. The highest BCUT2D eigenvalue weighted by Crippen LogP contribution is 2.28. The van der Waals surface area contributed by atoms with E-state index >= 15 is 0 Å². The molecule has 0 spiro atoms. The van der Waals surface area contributed by atoms with Gasteiger partial charge in [-0.15, -0.1) is 0 Å². The molecule has 118 valence electrons. The van der Waals surface area contributed by atoms with E-state index in [4.69, 9.17) is 5.73 Å². The van der Waals surface area contributed by atoms with E-state index < -0.39 is 17.4 Å². The lowest BCUT2D eigenvalue weighted by Crippen LogP contribution is -2.24. The van der Waals surface area contributed by atoms with Crippen molar-refractivity contribution in [1.29, 1.82) is 0 Å². The number of rotatable bonds is 1. The van der Waals surface area contributed by atoms with Crippen molar-refractivity contribution in [3.8, 4) is 5.69 Å². The highest BCUT2D eigenvalue weighted by atomic mass is 16.2. The second-order valence-corrected chi connectivity index (χ2v) is 5.61. The molecule has 0 fully saturated rings. The quantitative estimate of drug-likeness (QED) is 0.654. The molecule has 3 aromatic rings. The molecule has 2 aromatic heterocycles. The first-order chi connectivity index (χ1) is 11.5. The molecule has 2 amide bonds. The van der Waals surface area contributed by atoms with Crippen LogP contribution in [-0.2, 0) is 0 Å². The van der Waals surface area contributed by atoms with E-state index in [2.05, 4.69) is 10.3 Å². The van der Waals surface area contributed by atoms with E-state index in [1.807, 2.05) is 13.0 Å². The number of aromatic nitrogens is 2. The van der Waals surface area contributed by atoms with Gasteiger partial charge in [-0.1, -0.05) is 12.1 Å². The average molecular weight is 320 g/mol. The fourth-order valence-corrected chi connectivity index (χ4v) is 3.10. The van der Waals surface area contributed by atoms with E-state index in [0.29, 0.717) is 5.69 Å². The number of amides is 2. The number of nitrogen functional groups attached to an aromatic ring is 1. The normalized spacial score (nSPS) is 13.2. The summed E-state index contributed by atoms with van der Waals surface area (Å²) in [5.41, 5.74) is 7.08. The number of imide groups is 1. The van der Waals surface area contributed by atoms with Gasteiger partial charge >= 0.3 is 0 Å². The molecule has 0 radical (unpaired) electrons. The van der Waals surface area contributed by atoms with Crippen molar-refractivity contribution in [1.82, 2.24) is 14.9 Å². The van der Waals surface area contributed by atoms with E-state index in [1.54, 1.807) is 24.5 Å². The molecule has 3 heterocycles. The maximum absolute atomic E-state index is 12.6. The second kappa shape index (κ2) is 4.76. The van der Waals surface area contributed by atoms with Crippen LogP contribution in [-0.4, -0.2) is 21.4 Å². The SMILES string of the molecule is Cc1cncc2cccc(-n3c(N)c4c(cc3=O)C(=O)NC4=O)c12. The molecular formula is C17H12N4O3. The Hall–Kier alpha value is -3.48. The van der Waals surface area contributed by atoms with Crippen molar-refractivity contribution in [3.05, 3.63) is 63.7 Å². The molecule has 1 aliphatic heterocycles. The van der Waals surface area contributed by atoms with Gasteiger partial charge in [0.15, 0.2) is 0 Å². The van der Waals surface area contributed by atoms with Gasteiger partial charge in [0.25, 0.3) is 17.4 Å². The monoisotopic (exact) mass is 320 g/mol. The van der Waals surface area contributed by atoms with Gasteiger partial charge in [-0.2, -0.15) is 0 Å². The first-order valence-corrected chi connectivity index (χ1v) is 7.24. The second-order valence-electron chi connectivity index (χ2n) is 5.61. The molecule has 7 heteroatoms. The van der Waals surface area contributed by atoms with Gasteiger partial charge in [0.1, 0.15) is 5.82 Å². The maximum Gasteiger partial charge on any atom is 0.262 e. The predicted molar refractivity (Wildman–Crippen MR) is 88.3 cm³/mol. The molecule has 0 unspecified atom stereocenters. The van der Waals surface area contributed by atoms with Crippen molar-refractivity contribution < 1.29 is 9.59 Å². The van der Waals surface area contributed by atoms with Crippen LogP contribution in [0.25, 0.3) is 16.5 Å². The minimum Gasteiger partial charge on any atom is -0.384 e. The van der Waals surface area contributed by atoms with Crippen LogP contribution in [0.5, 0.6) is 0 Å². The number of aryl methyl sites for hydroxylation is 1. The maximum atomic E-state index is 12.6. The van der Waals surface area contributed by atoms with Crippen LogP contribution in [0.2, 0.25) is 0 Å². The topological polar surface area (TPSA) is 107 Å². The Morgan fingerprint density at radius 3 is 2.71 bits per heavy atom. The van der Waals surface area contributed by atoms with Gasteiger partial charge in [0, 0.05) is 29.2 Å². The standard InChI is InChI=1S/C17H12N4O3/c1-8-6-19-7-9-3-2-4-11(13(8)9)21-12(22)5-10-14(15(21)18)17(24)20-16(10)23/h2-7H,18H2,1H3,(H,20,23,24). The third-order valence-electron chi connectivity index (χ3n) is 4.15. The summed E-state index contributed by atoms with van der Waals surface area (Å²) in [4.78, 5) is 40.5. The van der Waals surface area contributed by atoms with Gasteiger partial charge in [-0.05, 0) is 18.6 Å². The molecular weight excluding hydrogens is 308 g/mol. The number of hydrogen-bond donors (Lipinski definition) is 2. The lowest BCUT2D eigenvalue weighted by atomic mass is 10.1. The molecule has 0 saturated heterocycles. The zero-order chi connectivity index (χ0) is 17.0. The smallest absolute Gasteiger partial charge is 0.262 e. The van der Waals surface area contributed by atoms with E-state index in [9.17, 15) is 14.4 Å². The van der Waals surface area contributed by atoms with Crippen molar-refractivity contribution in [2.75, 3.05) is 5.73 Å². The van der Waals surface area contributed by atoms with Gasteiger partial charge in [0.05, 0.1) is 16.8 Å². The molecule has 1 aromatic carbocycles. The summed E-state index contributed by atoms with van der Waals surface area (Å²) in [6.07, 6.45) is 3.38. The van der Waals surface area contributed by atoms with Gasteiger partial charge < -0.3 is 5.73 Å². The zero-order valence-corrected chi connectivity index (χ0v) is 12.7. The zero-order valence-electron chi connectivity index (χ0n) is 12.7. The molecule has 0 atom stereocenters. The first kappa shape index (κ1) is 14.1. The number of pyridine rings is 2. The first-order valence-electron chi connectivity index (χ1n) is 7.24. The number of benzene rings is 1. The number of hydrogen-bond acceptors (Lipinski definition) is 5. The third kappa shape index (κ3) is 1.78. The summed E-state index contributed by atoms with van der Waals surface area (Å²) in [7, 11) is 0. The van der Waals surface area contributed by atoms with Crippen LogP contribution in [0.4, 0.5) is 5.82 Å². The Morgan fingerprint density at radius 1 is 1.12 bits per heavy atom. The van der Waals surface area contributed by atoms with E-state index in [0.717, 1.165) is 22.4 Å². The summed E-state index contributed by atoms with van der Waals surface area (Å²) in [6, 6.07) is 6.54. The Balaban J connectivity index is 2.14. The molecule has 1 aliphatic rings. The summed E-state index contributed by atoms with van der Waals surface area (Å²) in [5, 5.41) is 3.82. The predicted octanol–water partition coefficient (Wildman–Crippen LogP) is 1.16. The minimum atomic E-state index is -0.607. The largest absolute Gasteiger partial charge is 0.384 e. The van der Waals surface area contributed by atoms with Crippen LogP contribution in [0.15, 0.2) is 41.5 Å². The van der Waals surface area contributed by atoms with Gasteiger partial charge in [-0.3, -0.25) is 29.3 Å². The van der Waals surface area contributed by atoms with Crippen LogP contribution in [0.1, 0.15) is 26.3 Å². The molecule has 3 N–H and O–H groups in total. The summed E-state index contributed by atoms with van der Waals surface area (Å²) in [6.45, 7) is 1.88. The van der Waals surface area contributed by atoms with Gasteiger partial charge in [0.2, 0.25) is 0 Å². The minimum absolute atomic E-state index is 0.0115. The Labute approximate surface area is 135 Å². The van der Waals surface area contributed by atoms with E-state index in [1.165, 1.54) is 4.57 Å². The van der Waals surface area contributed by atoms with E-state index in [-0.39, 0.29) is 16.9 Å². The number of carbonyl (C=O) groups excluding carboxylic acids is 2. The fourth-order valence-electron chi connectivity index (χ4n) is 3.10. The highest BCUT2D eigenvalue weighted by Gasteiger charge is 2.32. The molecule has 24 heavy (non-hydrogen) atoms. The lowest BCUT2D eigenvalue weighted by Gasteiger charge is -2.15. The summed E-state index contributed by atoms with van der Waals surface area (Å²) >= 11 is 0. The van der Waals surface area contributed by atoms with Crippen LogP contribution < -0.4 is 16.6 Å². The Kier molecular flexibility index (Phi) is 2.80. The summed E-state index contributed by atoms with van der Waals surface area (Å²) < 4.78 is 1.26. The molecule has 4 rings (SSSR count). The Bertz CT molecular complexity index is 1110. The fraction of sp³-hybridized carbons (Fsp3) is 0.0588. The number of nitrogens with one attached hydrogen (secondary N) is 1. The Morgan fingerprint density at radius 2 is 1.92 bits per heavy atom. The third-order valence-corrected chi connectivity index (χ3v) is 4.15. The number of fused-ring (bicyclic) bond motifs is 2. The highest BCUT2D eigenvalue weighted by molar-refractivity contribution is 6.23. The van der Waals surface area contributed by atoms with Crippen molar-refractivity contribution in [2.24, 2.45) is 0 Å². The van der Waals surface area contributed by atoms with Crippen LogP contribution in [0, 0.1) is 6.92 Å². The number of nitrogens with zero attached hydrogens (tertiary/aromatic N) is 2. The van der Waals surface area contributed by atoms with Gasteiger partial charge in [-0.25, -0.2) is 0 Å². The van der Waals surface area contributed by atoms with Crippen molar-refractivity contribution in [3.63, 3.8) is 0 Å². The summed E-state index contributed by atoms with van der Waals surface area (Å²) in [5.74, 6) is -1.26.